The Morgan fingerprint density at radius 2 is 1.48 bits per heavy atom. The van der Waals surface area contributed by atoms with Crippen molar-refractivity contribution in [2.24, 2.45) is 0 Å². The van der Waals surface area contributed by atoms with Crippen molar-refractivity contribution in [2.45, 2.75) is 6.42 Å². The maximum absolute atomic E-state index is 12.4. The van der Waals surface area contributed by atoms with Gasteiger partial charge in [0.2, 0.25) is 0 Å². The first kappa shape index (κ1) is 25.2. The Morgan fingerprint density at radius 1 is 0.879 bits per heavy atom. The highest BCUT2D eigenvalue weighted by Gasteiger charge is 2.12. The number of nitrogens with zero attached hydrogens (tertiary/aromatic N) is 1. The van der Waals surface area contributed by atoms with E-state index in [2.05, 4.69) is 4.98 Å². The van der Waals surface area contributed by atoms with Crippen LogP contribution in [-0.4, -0.2) is 61.7 Å². The van der Waals surface area contributed by atoms with Crippen LogP contribution in [0.3, 0.4) is 0 Å². The molecule has 1 aromatic heterocycles. The van der Waals surface area contributed by atoms with Gasteiger partial charge >= 0.3 is 11.9 Å². The van der Waals surface area contributed by atoms with Gasteiger partial charge in [-0.3, -0.25) is 4.98 Å². The van der Waals surface area contributed by atoms with Gasteiger partial charge in [0.25, 0.3) is 0 Å². The molecule has 10 heteroatoms. The fourth-order valence-electron chi connectivity index (χ4n) is 2.98. The lowest BCUT2D eigenvalue weighted by molar-refractivity contribution is -0.159. The molecule has 0 aliphatic heterocycles. The van der Waals surface area contributed by atoms with Gasteiger partial charge in [-0.25, -0.2) is 14.0 Å². The van der Waals surface area contributed by atoms with E-state index in [0.717, 1.165) is 22.0 Å². The molecule has 3 rings (SSSR count). The van der Waals surface area contributed by atoms with Crippen molar-refractivity contribution in [3.8, 4) is 23.0 Å². The van der Waals surface area contributed by atoms with Crippen LogP contribution in [0, 0.1) is 0 Å². The monoisotopic (exact) mass is 461 g/mol. The topological polar surface area (TPSA) is 124 Å². The Morgan fingerprint density at radius 3 is 2.06 bits per heavy atom. The van der Waals surface area contributed by atoms with E-state index in [0.29, 0.717) is 29.4 Å². The van der Waals surface area contributed by atoms with E-state index >= 15 is 0 Å². The number of aromatic nitrogens is 1. The highest BCUT2D eigenvalue weighted by Crippen LogP contribution is 2.34. The van der Waals surface area contributed by atoms with Crippen molar-refractivity contribution in [3.63, 3.8) is 0 Å². The molecule has 0 aliphatic rings. The molecule has 9 nitrogen and oxygen atoms in total. The molecule has 0 amide bonds. The molecule has 0 fully saturated rings. The Kier molecular flexibility index (Phi) is 9.22. The van der Waals surface area contributed by atoms with Gasteiger partial charge in [-0.1, -0.05) is 6.07 Å². The Bertz CT molecular complexity index is 1110. The molecule has 2 N–H and O–H groups in total. The van der Waals surface area contributed by atoms with Crippen molar-refractivity contribution in [1.29, 1.82) is 0 Å². The molecule has 0 aliphatic carbocycles. The highest BCUT2D eigenvalue weighted by molar-refractivity contribution is 6.27. The molecule has 176 valence electrons. The number of hydrogen-bond donors (Lipinski definition) is 2. The van der Waals surface area contributed by atoms with Gasteiger partial charge in [-0.05, 0) is 41.3 Å². The van der Waals surface area contributed by atoms with Gasteiger partial charge in [-0.2, -0.15) is 0 Å². The summed E-state index contributed by atoms with van der Waals surface area (Å²) in [6.45, 7) is -0.543. The molecule has 0 saturated carbocycles. The standard InChI is InChI=1S/C21H22FNO4.C2H2O4/c1-24-19-11-14(4-5-18(19)27-9-7-22)10-17-16-13-21(26-3)20(25-2)12-15(16)6-8-23-17;3-1(4)2(5)6/h4-6,8,11-13H,7,9-10H2,1-3H3;(H,3,4)(H,5,6). The number of alkyl halides is 1. The Labute approximate surface area is 189 Å². The fraction of sp³-hybridized carbons (Fsp3) is 0.261. The van der Waals surface area contributed by atoms with E-state index < -0.39 is 18.6 Å². The summed E-state index contributed by atoms with van der Waals surface area (Å²) in [7, 11) is 4.79. The van der Waals surface area contributed by atoms with Crippen molar-refractivity contribution < 1.29 is 43.1 Å². The molecule has 3 aromatic rings. The number of carbonyl (C=O) groups is 2. The highest BCUT2D eigenvalue weighted by atomic mass is 19.1. The van der Waals surface area contributed by atoms with E-state index in [1.165, 1.54) is 0 Å². The molecule has 0 atom stereocenters. The first-order valence-electron chi connectivity index (χ1n) is 9.66. The number of carboxylic acid groups (broad SMARTS) is 2. The van der Waals surface area contributed by atoms with Crippen LogP contribution in [0.15, 0.2) is 42.6 Å². The average molecular weight is 461 g/mol. The maximum Gasteiger partial charge on any atom is 0.414 e. The van der Waals surface area contributed by atoms with Gasteiger partial charge in [0.15, 0.2) is 23.0 Å². The van der Waals surface area contributed by atoms with Gasteiger partial charge in [-0.15, -0.1) is 0 Å². The summed E-state index contributed by atoms with van der Waals surface area (Å²) in [6.07, 6.45) is 2.38. The largest absolute Gasteiger partial charge is 0.493 e. The van der Waals surface area contributed by atoms with Gasteiger partial charge in [0.05, 0.1) is 27.0 Å². The molecule has 2 aromatic carbocycles. The van der Waals surface area contributed by atoms with Crippen molar-refractivity contribution >= 4 is 22.7 Å². The van der Waals surface area contributed by atoms with Gasteiger partial charge in [0, 0.05) is 18.0 Å². The number of pyridine rings is 1. The second-order valence-electron chi connectivity index (χ2n) is 6.50. The van der Waals surface area contributed by atoms with Crippen molar-refractivity contribution in [2.75, 3.05) is 34.6 Å². The maximum atomic E-state index is 12.4. The number of aliphatic carboxylic acids is 2. The minimum Gasteiger partial charge on any atom is -0.493 e. The minimum absolute atomic E-state index is 0.00220. The third-order valence-electron chi connectivity index (χ3n) is 4.47. The summed E-state index contributed by atoms with van der Waals surface area (Å²) in [4.78, 5) is 22.7. The van der Waals surface area contributed by atoms with Crippen LogP contribution < -0.4 is 18.9 Å². The number of hydrogen-bond acceptors (Lipinski definition) is 7. The van der Waals surface area contributed by atoms with E-state index in [4.69, 9.17) is 38.7 Å². The van der Waals surface area contributed by atoms with E-state index in [9.17, 15) is 4.39 Å². The molecule has 0 bridgehead atoms. The molecular weight excluding hydrogens is 437 g/mol. The molecule has 0 saturated heterocycles. The first-order chi connectivity index (χ1) is 15.8. The minimum atomic E-state index is -1.82. The van der Waals surface area contributed by atoms with E-state index in [1.54, 1.807) is 33.6 Å². The zero-order chi connectivity index (χ0) is 24.4. The first-order valence-corrected chi connectivity index (χ1v) is 9.66. The number of rotatable bonds is 8. The lowest BCUT2D eigenvalue weighted by Crippen LogP contribution is -2.09. The number of methoxy groups -OCH3 is 3. The number of fused-ring (bicyclic) bond motifs is 1. The molecule has 1 heterocycles. The van der Waals surface area contributed by atoms with Crippen LogP contribution in [0.1, 0.15) is 11.3 Å². The number of carboxylic acids is 2. The second kappa shape index (κ2) is 12.1. The average Bonchev–Trinajstić information content (AvgIpc) is 2.82. The third-order valence-corrected chi connectivity index (χ3v) is 4.47. The summed E-state index contributed by atoms with van der Waals surface area (Å²) in [5.74, 6) is -1.22. The van der Waals surface area contributed by atoms with Crippen LogP contribution in [0.5, 0.6) is 23.0 Å². The van der Waals surface area contributed by atoms with Crippen LogP contribution in [0.4, 0.5) is 4.39 Å². The summed E-state index contributed by atoms with van der Waals surface area (Å²) < 4.78 is 33.9. The molecule has 0 radical (unpaired) electrons. The molecule has 0 unspecified atom stereocenters. The molecule has 0 spiro atoms. The predicted octanol–water partition coefficient (Wildman–Crippen LogP) is 3.36. The van der Waals surface area contributed by atoms with Crippen LogP contribution in [0.2, 0.25) is 0 Å². The Balaban J connectivity index is 0.000000569. The van der Waals surface area contributed by atoms with Crippen LogP contribution in [-0.2, 0) is 16.0 Å². The summed E-state index contributed by atoms with van der Waals surface area (Å²) in [5, 5.41) is 16.8. The van der Waals surface area contributed by atoms with Crippen LogP contribution >= 0.6 is 0 Å². The van der Waals surface area contributed by atoms with E-state index in [-0.39, 0.29) is 6.61 Å². The Hall–Kier alpha value is -4.08. The molecular formula is C23H24FNO8. The predicted molar refractivity (Wildman–Crippen MR) is 117 cm³/mol. The number of halogens is 1. The summed E-state index contributed by atoms with van der Waals surface area (Å²) >= 11 is 0. The zero-order valence-electron chi connectivity index (χ0n) is 18.3. The van der Waals surface area contributed by atoms with Crippen molar-refractivity contribution in [1.82, 2.24) is 4.98 Å². The lowest BCUT2D eigenvalue weighted by atomic mass is 10.0. The zero-order valence-corrected chi connectivity index (χ0v) is 18.3. The van der Waals surface area contributed by atoms with Crippen LogP contribution in [0.25, 0.3) is 10.8 Å². The van der Waals surface area contributed by atoms with Gasteiger partial charge < -0.3 is 29.2 Å². The third kappa shape index (κ3) is 6.70. The van der Waals surface area contributed by atoms with E-state index in [1.807, 2.05) is 30.3 Å². The summed E-state index contributed by atoms with van der Waals surface area (Å²) in [6, 6.07) is 11.4. The van der Waals surface area contributed by atoms with Crippen molar-refractivity contribution in [3.05, 3.63) is 53.9 Å². The quantitative estimate of drug-likeness (QED) is 0.486. The summed E-state index contributed by atoms with van der Waals surface area (Å²) in [5.41, 5.74) is 1.92. The molecule has 33 heavy (non-hydrogen) atoms. The normalized spacial score (nSPS) is 10.1. The SMILES string of the molecule is COc1cc2ccnc(Cc3ccc(OCCF)c(OC)c3)c2cc1OC.O=C(O)C(=O)O. The fourth-order valence-corrected chi connectivity index (χ4v) is 2.98. The number of benzene rings is 2. The lowest BCUT2D eigenvalue weighted by Gasteiger charge is -2.13. The smallest absolute Gasteiger partial charge is 0.414 e. The number of ether oxygens (including phenoxy) is 4. The second-order valence-corrected chi connectivity index (χ2v) is 6.50. The van der Waals surface area contributed by atoms with Gasteiger partial charge in [0.1, 0.15) is 13.3 Å².